The minimum atomic E-state index is -5.84. The van der Waals surface area contributed by atoms with Gasteiger partial charge in [-0.1, -0.05) is 0 Å². The lowest BCUT2D eigenvalue weighted by Gasteiger charge is -2.29. The van der Waals surface area contributed by atoms with Gasteiger partial charge in [0, 0.05) is 0 Å². The molecule has 1 saturated heterocycles. The van der Waals surface area contributed by atoms with Crippen molar-refractivity contribution >= 4 is 40.6 Å². The molecule has 3 unspecified atom stereocenters. The van der Waals surface area contributed by atoms with Crippen LogP contribution in [0.25, 0.3) is 11.2 Å². The van der Waals surface area contributed by atoms with Crippen molar-refractivity contribution in [2.75, 3.05) is 12.4 Å². The number of hydrogen-bond donors (Lipinski definition) is 8. The highest BCUT2D eigenvalue weighted by Gasteiger charge is 2.59. The number of nitrogens with two attached hydrogens (primary N) is 1. The molecular formula is C12H19FN5O14P3. The lowest BCUT2D eigenvalue weighted by Crippen LogP contribution is -2.50. The van der Waals surface area contributed by atoms with E-state index in [2.05, 4.69) is 28.1 Å². The smallest absolute Gasteiger partial charge is 0.387 e. The van der Waals surface area contributed by atoms with Crippen LogP contribution in [0.2, 0.25) is 0 Å². The van der Waals surface area contributed by atoms with Crippen LogP contribution >= 0.6 is 23.5 Å². The second-order valence-electron chi connectivity index (χ2n) is 7.20. The van der Waals surface area contributed by atoms with Crippen LogP contribution in [0.1, 0.15) is 13.2 Å². The van der Waals surface area contributed by atoms with Crippen molar-refractivity contribution < 1.29 is 65.8 Å². The van der Waals surface area contributed by atoms with Crippen molar-refractivity contribution in [2.45, 2.75) is 37.1 Å². The number of nitrogen functional groups attached to an aromatic ring is 1. The van der Waals surface area contributed by atoms with Crippen molar-refractivity contribution in [1.82, 2.24) is 19.5 Å². The molecule has 0 bridgehead atoms. The fraction of sp³-hybridized carbons (Fsp3) is 0.583. The molecule has 0 aliphatic carbocycles. The molecule has 0 radical (unpaired) electrons. The summed E-state index contributed by atoms with van der Waals surface area (Å²) in [6.45, 7) is -0.712. The van der Waals surface area contributed by atoms with Gasteiger partial charge in [-0.05, 0) is 6.92 Å². The summed E-state index contributed by atoms with van der Waals surface area (Å²) in [5, 5.41) is 21.3. The molecular weight excluding hydrogens is 550 g/mol. The van der Waals surface area contributed by atoms with Crippen molar-refractivity contribution in [1.29, 1.82) is 0 Å². The first-order valence-electron chi connectivity index (χ1n) is 9.05. The Bertz CT molecular complexity index is 1310. The number of aromatic nitrogens is 4. The monoisotopic (exact) mass is 569 g/mol. The highest BCUT2D eigenvalue weighted by atomic mass is 31.3. The Morgan fingerprint density at radius 3 is 2.49 bits per heavy atom. The molecule has 9 N–H and O–H groups in total. The van der Waals surface area contributed by atoms with Gasteiger partial charge in [0.1, 0.15) is 18.9 Å². The van der Waals surface area contributed by atoms with Gasteiger partial charge < -0.3 is 40.3 Å². The number of phosphoric ester groups is 1. The Morgan fingerprint density at radius 2 is 1.91 bits per heavy atom. The quantitative estimate of drug-likeness (QED) is 0.158. The maximum atomic E-state index is 13.9. The van der Waals surface area contributed by atoms with Gasteiger partial charge in [-0.15, -0.1) is 0 Å². The van der Waals surface area contributed by atoms with E-state index < -0.39 is 65.8 Å². The van der Waals surface area contributed by atoms with Crippen molar-refractivity contribution in [2.24, 2.45) is 0 Å². The number of aromatic amines is 1. The molecule has 2 aromatic rings. The van der Waals surface area contributed by atoms with Crippen LogP contribution in [0.3, 0.4) is 0 Å². The van der Waals surface area contributed by atoms with E-state index in [0.29, 0.717) is 0 Å². The number of hydrogen-bond acceptors (Lipinski definition) is 13. The summed E-state index contributed by atoms with van der Waals surface area (Å²) in [6.07, 6.45) is -6.76. The number of aliphatic hydroxyl groups excluding tert-OH is 1. The van der Waals surface area contributed by atoms with Crippen molar-refractivity contribution in [3.63, 3.8) is 0 Å². The van der Waals surface area contributed by atoms with Gasteiger partial charge in [0.15, 0.2) is 23.0 Å². The van der Waals surface area contributed by atoms with Gasteiger partial charge in [-0.3, -0.25) is 18.9 Å². The fourth-order valence-electron chi connectivity index (χ4n) is 3.27. The van der Waals surface area contributed by atoms with Crippen molar-refractivity contribution in [3.8, 4) is 0 Å². The van der Waals surface area contributed by atoms with Gasteiger partial charge in [-0.2, -0.15) is 13.6 Å². The molecule has 35 heavy (non-hydrogen) atoms. The average molecular weight is 569 g/mol. The molecule has 0 amide bonds. The second-order valence-corrected chi connectivity index (χ2v) is 11.6. The third kappa shape index (κ3) is 5.86. The van der Waals surface area contributed by atoms with E-state index in [-0.39, 0.29) is 17.1 Å². The van der Waals surface area contributed by atoms with E-state index in [1.54, 1.807) is 0 Å². The number of fused-ring (bicyclic) bond motifs is 1. The summed E-state index contributed by atoms with van der Waals surface area (Å²) in [5.74, 6) is -0.371. The molecule has 0 aromatic carbocycles. The van der Waals surface area contributed by atoms with Crippen molar-refractivity contribution in [3.05, 3.63) is 16.7 Å². The Hall–Kier alpha value is -1.63. The third-order valence-corrected chi connectivity index (χ3v) is 8.56. The number of H-pyrrole nitrogens is 1. The average Bonchev–Trinajstić information content (AvgIpc) is 3.18. The van der Waals surface area contributed by atoms with Gasteiger partial charge in [0.25, 0.3) is 5.56 Å². The van der Waals surface area contributed by atoms with E-state index in [0.717, 1.165) is 17.8 Å². The van der Waals surface area contributed by atoms with E-state index >= 15 is 0 Å². The minimum absolute atomic E-state index is 0.281. The number of nitrogens with one attached hydrogen (secondary N) is 1. The van der Waals surface area contributed by atoms with E-state index in [1.165, 1.54) is 0 Å². The minimum Gasteiger partial charge on any atom is -0.387 e. The molecule has 19 nitrogen and oxygen atoms in total. The normalized spacial score (nSPS) is 29.7. The first-order chi connectivity index (χ1) is 15.9. The summed E-state index contributed by atoms with van der Waals surface area (Å²) in [6, 6.07) is 0. The van der Waals surface area contributed by atoms with Crippen LogP contribution in [0.4, 0.5) is 10.3 Å². The molecule has 0 saturated carbocycles. The maximum absolute atomic E-state index is 13.9. The highest BCUT2D eigenvalue weighted by Crippen LogP contribution is 2.66. The Labute approximate surface area is 192 Å². The predicted octanol–water partition coefficient (Wildman–Crippen LogP) is -1.61. The molecule has 23 heteroatoms. The Morgan fingerprint density at radius 1 is 1.29 bits per heavy atom. The zero-order chi connectivity index (χ0) is 26.6. The first-order valence-corrected chi connectivity index (χ1v) is 13.6. The van der Waals surface area contributed by atoms with E-state index in [1.807, 2.05) is 0 Å². The van der Waals surface area contributed by atoms with Gasteiger partial charge in [-0.25, -0.2) is 23.1 Å². The van der Waals surface area contributed by atoms with E-state index in [4.69, 9.17) is 20.3 Å². The molecule has 1 aliphatic heterocycles. The summed E-state index contributed by atoms with van der Waals surface area (Å²) in [7, 11) is -17.1. The molecule has 3 rings (SSSR count). The number of imidazole rings is 1. The Balaban J connectivity index is 1.88. The molecule has 3 heterocycles. The number of phosphoric acid groups is 3. The second kappa shape index (κ2) is 9.35. The number of halogens is 1. The third-order valence-electron chi connectivity index (χ3n) is 4.63. The number of alkyl halides is 1. The molecule has 1 fully saturated rings. The van der Waals surface area contributed by atoms with Crippen LogP contribution in [0.5, 0.6) is 0 Å². The molecule has 1 aliphatic rings. The number of nitrogens with zero attached hydrogens (tertiary/aromatic N) is 3. The maximum Gasteiger partial charge on any atom is 0.490 e. The van der Waals surface area contributed by atoms with Gasteiger partial charge >= 0.3 is 23.5 Å². The van der Waals surface area contributed by atoms with Crippen LogP contribution in [0.15, 0.2) is 11.1 Å². The van der Waals surface area contributed by atoms with Gasteiger partial charge in [0.05, 0.1) is 12.4 Å². The topological polar surface area (TPSA) is 299 Å². The van der Waals surface area contributed by atoms with Gasteiger partial charge in [0.2, 0.25) is 5.95 Å². The zero-order valence-electron chi connectivity index (χ0n) is 17.2. The number of rotatable bonds is 9. The molecule has 2 aromatic heterocycles. The lowest BCUT2D eigenvalue weighted by molar-refractivity contribution is -0.119. The molecule has 0 spiro atoms. The Kier molecular flexibility index (Phi) is 7.47. The number of ether oxygens (including phenoxy) is 1. The number of aliphatic hydroxyl groups is 2. The summed E-state index contributed by atoms with van der Waals surface area (Å²) < 4.78 is 66.2. The summed E-state index contributed by atoms with van der Waals surface area (Å²) >= 11 is 0. The summed E-state index contributed by atoms with van der Waals surface area (Å²) in [4.78, 5) is 57.8. The highest BCUT2D eigenvalue weighted by molar-refractivity contribution is 7.66. The summed E-state index contributed by atoms with van der Waals surface area (Å²) in [5.41, 5.74) is 1.37. The lowest BCUT2D eigenvalue weighted by atomic mass is 9.93. The van der Waals surface area contributed by atoms with Crippen LogP contribution in [-0.2, 0) is 31.6 Å². The molecule has 7 atom stereocenters. The SMILES string of the molecule is C[C@@H](OP(=O)(O)OP(=O)(O)OP(=O)(O)O)[C@H]1O[C@@H](n2cnc3c(=O)[nH]c(N)nc32)[C@@](O)(CF)C1O. The van der Waals surface area contributed by atoms with Crippen LogP contribution in [-0.4, -0.2) is 79.9 Å². The van der Waals surface area contributed by atoms with Crippen LogP contribution in [0, 0.1) is 0 Å². The zero-order valence-corrected chi connectivity index (χ0v) is 19.9. The molecule has 198 valence electrons. The van der Waals surface area contributed by atoms with Crippen LogP contribution < -0.4 is 11.3 Å². The fourth-order valence-corrected chi connectivity index (χ4v) is 6.47. The first kappa shape index (κ1) is 27.9. The van der Waals surface area contributed by atoms with E-state index in [9.17, 15) is 42.9 Å². The number of anilines is 1. The predicted molar refractivity (Wildman–Crippen MR) is 108 cm³/mol. The standard InChI is InChI=1S/C12H19FN5O14P3/c1-4(30-34(25,26)32-35(27,28)31-33(22,23)24)6-7(19)12(21,2-13)10(29-6)18-3-15-5-8(18)16-11(14)17-9(5)20/h3-4,6-7,10,19,21H,2H2,1H3,(H,25,26)(H,27,28)(H2,22,23,24)(H3,14,16,17,20)/t4-,6-,7?,10-,12-/m1/s1. The largest absolute Gasteiger partial charge is 0.490 e.